The second-order valence-corrected chi connectivity index (χ2v) is 10.7. The predicted octanol–water partition coefficient (Wildman–Crippen LogP) is 4.23. The molecule has 0 bridgehead atoms. The minimum atomic E-state index is -4.05. The Kier molecular flexibility index (Phi) is 6.95. The largest absolute Gasteiger partial charge is 0.497 e. The van der Waals surface area contributed by atoms with E-state index in [4.69, 9.17) is 4.74 Å². The third-order valence-electron chi connectivity index (χ3n) is 5.51. The molecule has 3 aromatic carbocycles. The van der Waals surface area contributed by atoms with Gasteiger partial charge in [-0.15, -0.1) is 0 Å². The van der Waals surface area contributed by atoms with Gasteiger partial charge in [0.05, 0.1) is 27.9 Å². The minimum Gasteiger partial charge on any atom is -0.497 e. The summed E-state index contributed by atoms with van der Waals surface area (Å²) in [5.74, 6) is -0.0575. The summed E-state index contributed by atoms with van der Waals surface area (Å²) in [7, 11) is -2.56. The molecule has 0 saturated heterocycles. The van der Waals surface area contributed by atoms with Gasteiger partial charge in [0.2, 0.25) is 5.91 Å². The van der Waals surface area contributed by atoms with E-state index < -0.39 is 22.5 Å². The van der Waals surface area contributed by atoms with Gasteiger partial charge in [-0.3, -0.25) is 18.5 Å². The highest BCUT2D eigenvalue weighted by atomic mass is 32.2. The molecule has 0 atom stereocenters. The molecule has 0 saturated carbocycles. The van der Waals surface area contributed by atoms with Crippen molar-refractivity contribution in [2.45, 2.75) is 25.3 Å². The van der Waals surface area contributed by atoms with E-state index in [0.717, 1.165) is 31.4 Å². The predicted molar refractivity (Wildman–Crippen MR) is 139 cm³/mol. The highest BCUT2D eigenvalue weighted by Gasteiger charge is 2.27. The van der Waals surface area contributed by atoms with Gasteiger partial charge < -0.3 is 10.1 Å². The van der Waals surface area contributed by atoms with Crippen LogP contribution in [0.1, 0.15) is 12.5 Å². The number of nitrogens with one attached hydrogen (secondary N) is 1. The Morgan fingerprint density at radius 2 is 1.83 bits per heavy atom. The second kappa shape index (κ2) is 9.93. The number of fused-ring (bicyclic) bond motifs is 1. The smallest absolute Gasteiger partial charge is 0.308 e. The van der Waals surface area contributed by atoms with Crippen LogP contribution in [-0.4, -0.2) is 32.5 Å². The molecule has 1 N–H and O–H groups in total. The number of carbonyl (C=O) groups excluding carboxylic acids is 1. The van der Waals surface area contributed by atoms with Crippen molar-refractivity contribution in [3.63, 3.8) is 0 Å². The number of sulfonamides is 1. The number of aryl methyl sites for hydroxylation is 2. The minimum absolute atomic E-state index is 0.0700. The average Bonchev–Trinajstić information content (AvgIpc) is 3.16. The van der Waals surface area contributed by atoms with E-state index >= 15 is 0 Å². The molecule has 8 nitrogen and oxygen atoms in total. The molecular formula is C25H25N3O5S2. The molecule has 0 spiro atoms. The lowest BCUT2D eigenvalue weighted by atomic mass is 10.2. The molecule has 1 heterocycles. The fraction of sp³-hybridized carbons (Fsp3) is 0.200. The molecule has 182 valence electrons. The van der Waals surface area contributed by atoms with E-state index in [0.29, 0.717) is 23.7 Å². The van der Waals surface area contributed by atoms with Crippen molar-refractivity contribution >= 4 is 48.9 Å². The number of nitrogens with zero attached hydrogens (tertiary/aromatic N) is 2. The van der Waals surface area contributed by atoms with Crippen molar-refractivity contribution in [2.75, 3.05) is 23.3 Å². The number of thiazole rings is 1. The first-order valence-electron chi connectivity index (χ1n) is 10.9. The Morgan fingerprint density at radius 3 is 2.51 bits per heavy atom. The van der Waals surface area contributed by atoms with Crippen LogP contribution in [0.15, 0.2) is 76.4 Å². The van der Waals surface area contributed by atoms with E-state index in [1.54, 1.807) is 59.2 Å². The number of amides is 1. The summed E-state index contributed by atoms with van der Waals surface area (Å²) in [5, 5.41) is 2.76. The maximum Gasteiger partial charge on any atom is 0.308 e. The van der Waals surface area contributed by atoms with Crippen LogP contribution >= 0.6 is 11.3 Å². The quantitative estimate of drug-likeness (QED) is 0.382. The van der Waals surface area contributed by atoms with E-state index in [1.165, 1.54) is 19.2 Å². The van der Waals surface area contributed by atoms with Crippen LogP contribution in [0.2, 0.25) is 0 Å². The normalized spacial score (nSPS) is 11.4. The number of aromatic nitrogens is 1. The van der Waals surface area contributed by atoms with Crippen LogP contribution < -0.4 is 19.2 Å². The third-order valence-corrected chi connectivity index (χ3v) is 8.24. The van der Waals surface area contributed by atoms with Crippen molar-refractivity contribution in [1.82, 2.24) is 4.57 Å². The van der Waals surface area contributed by atoms with Crippen molar-refractivity contribution in [3.05, 3.63) is 82.0 Å². The SMILES string of the molecule is CCn1c(=O)sc2cc(NC(=O)CN(c3cccc(OC)c3)S(=O)(=O)c3ccc(C)cc3)ccc21. The van der Waals surface area contributed by atoms with E-state index in [1.807, 2.05) is 13.8 Å². The Labute approximate surface area is 207 Å². The molecule has 0 unspecified atom stereocenters. The summed E-state index contributed by atoms with van der Waals surface area (Å²) >= 11 is 1.10. The fourth-order valence-corrected chi connectivity index (χ4v) is 6.10. The molecule has 0 aliphatic heterocycles. The van der Waals surface area contributed by atoms with Gasteiger partial charge in [-0.25, -0.2) is 8.42 Å². The Balaban J connectivity index is 1.66. The number of hydrogen-bond acceptors (Lipinski definition) is 6. The van der Waals surface area contributed by atoms with Gasteiger partial charge in [-0.1, -0.05) is 35.1 Å². The summed E-state index contributed by atoms with van der Waals surface area (Å²) in [4.78, 5) is 25.2. The second-order valence-electron chi connectivity index (χ2n) is 7.87. The zero-order valence-electron chi connectivity index (χ0n) is 19.5. The van der Waals surface area contributed by atoms with E-state index in [2.05, 4.69) is 5.32 Å². The molecule has 1 amide bonds. The van der Waals surface area contributed by atoms with Crippen LogP contribution in [0.25, 0.3) is 10.2 Å². The highest BCUT2D eigenvalue weighted by molar-refractivity contribution is 7.92. The van der Waals surface area contributed by atoms with E-state index in [-0.39, 0.29) is 9.77 Å². The first-order chi connectivity index (χ1) is 16.7. The monoisotopic (exact) mass is 511 g/mol. The van der Waals surface area contributed by atoms with Crippen LogP contribution in [0.4, 0.5) is 11.4 Å². The molecule has 1 aromatic heterocycles. The van der Waals surface area contributed by atoms with Gasteiger partial charge in [-0.2, -0.15) is 0 Å². The Hall–Kier alpha value is -3.63. The van der Waals surface area contributed by atoms with Gasteiger partial charge in [-0.05, 0) is 56.3 Å². The number of carbonyl (C=O) groups is 1. The molecule has 0 aliphatic carbocycles. The third kappa shape index (κ3) is 5.08. The summed E-state index contributed by atoms with van der Waals surface area (Å²) in [5.41, 5.74) is 2.49. The molecule has 0 aliphatic rings. The van der Waals surface area contributed by atoms with Gasteiger partial charge in [0, 0.05) is 18.3 Å². The molecular weight excluding hydrogens is 486 g/mol. The van der Waals surface area contributed by atoms with Crippen LogP contribution in [-0.2, 0) is 21.4 Å². The van der Waals surface area contributed by atoms with Gasteiger partial charge in [0.1, 0.15) is 12.3 Å². The van der Waals surface area contributed by atoms with Crippen molar-refractivity contribution in [3.8, 4) is 5.75 Å². The van der Waals surface area contributed by atoms with Crippen LogP contribution in [0.5, 0.6) is 5.75 Å². The maximum absolute atomic E-state index is 13.5. The van der Waals surface area contributed by atoms with Crippen LogP contribution in [0, 0.1) is 6.92 Å². The van der Waals surface area contributed by atoms with Crippen LogP contribution in [0.3, 0.4) is 0 Å². The molecule has 35 heavy (non-hydrogen) atoms. The van der Waals surface area contributed by atoms with Crippen molar-refractivity contribution in [2.24, 2.45) is 0 Å². The molecule has 0 fully saturated rings. The van der Waals surface area contributed by atoms with E-state index in [9.17, 15) is 18.0 Å². The lowest BCUT2D eigenvalue weighted by Crippen LogP contribution is -2.38. The summed E-state index contributed by atoms with van der Waals surface area (Å²) in [6.07, 6.45) is 0. The average molecular weight is 512 g/mol. The standard InChI is InChI=1S/C25H25N3O5S2/c1-4-27-22-13-10-18(14-23(22)34-25(27)30)26-24(29)16-28(19-6-5-7-20(15-19)33-3)35(31,32)21-11-8-17(2)9-12-21/h5-15H,4,16H2,1-3H3,(H,26,29). The van der Waals surface area contributed by atoms with Crippen molar-refractivity contribution in [1.29, 1.82) is 0 Å². The van der Waals surface area contributed by atoms with Crippen molar-refractivity contribution < 1.29 is 17.9 Å². The number of hydrogen-bond donors (Lipinski definition) is 1. The number of methoxy groups -OCH3 is 1. The fourth-order valence-electron chi connectivity index (χ4n) is 3.69. The molecule has 4 aromatic rings. The van der Waals surface area contributed by atoms with Gasteiger partial charge in [0.15, 0.2) is 0 Å². The number of ether oxygens (including phenoxy) is 1. The highest BCUT2D eigenvalue weighted by Crippen LogP contribution is 2.28. The Bertz CT molecular complexity index is 1540. The lowest BCUT2D eigenvalue weighted by molar-refractivity contribution is -0.114. The molecule has 4 rings (SSSR count). The molecule has 10 heteroatoms. The summed E-state index contributed by atoms with van der Waals surface area (Å²) in [6, 6.07) is 18.2. The molecule has 0 radical (unpaired) electrons. The summed E-state index contributed by atoms with van der Waals surface area (Å²) < 4.78 is 35.8. The maximum atomic E-state index is 13.5. The first kappa shape index (κ1) is 24.5. The first-order valence-corrected chi connectivity index (χ1v) is 13.2. The zero-order valence-corrected chi connectivity index (χ0v) is 21.2. The summed E-state index contributed by atoms with van der Waals surface area (Å²) in [6.45, 7) is 3.86. The number of rotatable bonds is 8. The zero-order chi connectivity index (χ0) is 25.2. The van der Waals surface area contributed by atoms with Gasteiger partial charge >= 0.3 is 4.87 Å². The lowest BCUT2D eigenvalue weighted by Gasteiger charge is -2.24. The Morgan fingerprint density at radius 1 is 1.09 bits per heavy atom. The van der Waals surface area contributed by atoms with Gasteiger partial charge in [0.25, 0.3) is 10.0 Å². The number of anilines is 2. The number of benzene rings is 3. The topological polar surface area (TPSA) is 97.7 Å².